The van der Waals surface area contributed by atoms with E-state index < -0.39 is 35.7 Å². The van der Waals surface area contributed by atoms with E-state index in [4.69, 9.17) is 4.74 Å². The summed E-state index contributed by atoms with van der Waals surface area (Å²) in [5, 5.41) is 10.2. The molecule has 4 aromatic rings. The van der Waals surface area contributed by atoms with Crippen LogP contribution in [0.15, 0.2) is 53.4 Å². The van der Waals surface area contributed by atoms with Crippen LogP contribution >= 0.6 is 15.9 Å². The van der Waals surface area contributed by atoms with Crippen LogP contribution in [0.5, 0.6) is 0 Å². The number of carbonyl (C=O) groups is 4. The lowest BCUT2D eigenvalue weighted by Crippen LogP contribution is -2.44. The van der Waals surface area contributed by atoms with Crippen molar-refractivity contribution in [3.8, 4) is 11.1 Å². The van der Waals surface area contributed by atoms with Crippen molar-refractivity contribution in [1.82, 2.24) is 34.9 Å². The topological polar surface area (TPSA) is 161 Å². The van der Waals surface area contributed by atoms with E-state index >= 15 is 0 Å². The highest BCUT2D eigenvalue weighted by atomic mass is 79.9. The minimum absolute atomic E-state index is 0.0765. The van der Waals surface area contributed by atoms with Gasteiger partial charge in [-0.2, -0.15) is 5.10 Å². The first-order valence-electron chi connectivity index (χ1n) is 14.4. The van der Waals surface area contributed by atoms with Crippen LogP contribution in [-0.4, -0.2) is 77.7 Å². The van der Waals surface area contributed by atoms with Crippen molar-refractivity contribution in [2.75, 3.05) is 11.9 Å². The maximum atomic E-state index is 14.5. The number of aromatic nitrogens is 5. The maximum Gasteiger partial charge on any atom is 0.408 e. The van der Waals surface area contributed by atoms with Crippen molar-refractivity contribution in [3.05, 3.63) is 64.9 Å². The molecule has 1 aliphatic heterocycles. The lowest BCUT2D eigenvalue weighted by atomic mass is 10.0. The third kappa shape index (κ3) is 7.70. The van der Waals surface area contributed by atoms with E-state index in [0.29, 0.717) is 32.5 Å². The largest absolute Gasteiger partial charge is 0.444 e. The predicted molar refractivity (Wildman–Crippen MR) is 169 cm³/mol. The number of hydrogen-bond donors (Lipinski definition) is 2. The monoisotopic (exact) mass is 694 g/mol. The number of fused-ring (bicyclic) bond motifs is 1. The number of rotatable bonds is 8. The molecule has 1 saturated heterocycles. The molecule has 2 N–H and O–H groups in total. The second kappa shape index (κ2) is 13.3. The Morgan fingerprint density at radius 2 is 1.83 bits per heavy atom. The lowest BCUT2D eigenvalue weighted by Gasteiger charge is -2.23. The van der Waals surface area contributed by atoms with Crippen molar-refractivity contribution in [1.29, 1.82) is 0 Å². The standard InChI is InChI=1S/C31H32BrFN8O5/c1-17(42)28-21-10-18(19-12-34-26(35-13-19)14-36-30(45)46-31(2,3)4)8-9-22(21)41(39-28)16-27(43)40-15-20(33)11-23(40)29(44)38-25-7-5-6-24(32)37-25/h5-10,12-13,20,23H,11,14-16H2,1-4H3,(H,36,45)(H,37,38,44)/t20-,23+/m1/s1. The molecule has 3 amide bonds. The van der Waals surface area contributed by atoms with Gasteiger partial charge >= 0.3 is 6.09 Å². The quantitative estimate of drug-likeness (QED) is 0.200. The smallest absolute Gasteiger partial charge is 0.408 e. The highest BCUT2D eigenvalue weighted by Crippen LogP contribution is 2.28. The van der Waals surface area contributed by atoms with E-state index in [0.717, 1.165) is 0 Å². The van der Waals surface area contributed by atoms with Gasteiger partial charge in [0.15, 0.2) is 5.78 Å². The molecule has 2 atom stereocenters. The molecule has 5 rings (SSSR count). The fourth-order valence-corrected chi connectivity index (χ4v) is 5.36. The van der Waals surface area contributed by atoms with E-state index in [1.807, 2.05) is 0 Å². The molecule has 15 heteroatoms. The van der Waals surface area contributed by atoms with Crippen molar-refractivity contribution in [2.45, 2.75) is 65.0 Å². The molecule has 1 aromatic carbocycles. The van der Waals surface area contributed by atoms with Crippen molar-refractivity contribution >= 4 is 56.3 Å². The summed E-state index contributed by atoms with van der Waals surface area (Å²) in [6.45, 7) is 6.20. The molecule has 3 aromatic heterocycles. The summed E-state index contributed by atoms with van der Waals surface area (Å²) in [4.78, 5) is 65.0. The second-order valence-corrected chi connectivity index (χ2v) is 12.6. The number of Topliss-reactive ketones (excluding diaryl/α,β-unsaturated/α-hetero) is 1. The number of hydrogen-bond acceptors (Lipinski definition) is 9. The van der Waals surface area contributed by atoms with Crippen LogP contribution in [0.1, 0.15) is 50.4 Å². The van der Waals surface area contributed by atoms with Gasteiger partial charge in [0.2, 0.25) is 11.8 Å². The first kappa shape index (κ1) is 32.6. The van der Waals surface area contributed by atoms with E-state index in [2.05, 4.69) is 46.6 Å². The van der Waals surface area contributed by atoms with Gasteiger partial charge in [0.25, 0.3) is 0 Å². The number of carbonyl (C=O) groups excluding carboxylic acids is 4. The van der Waals surface area contributed by atoms with Gasteiger partial charge in [0, 0.05) is 36.7 Å². The normalized spacial score (nSPS) is 16.3. The average Bonchev–Trinajstić information content (AvgIpc) is 3.56. The number of anilines is 1. The number of amides is 3. The first-order valence-corrected chi connectivity index (χ1v) is 15.2. The fraction of sp³-hybridized carbons (Fsp3) is 0.355. The van der Waals surface area contributed by atoms with Crippen LogP contribution in [0.25, 0.3) is 22.0 Å². The van der Waals surface area contributed by atoms with Gasteiger partial charge in [0.1, 0.15) is 46.3 Å². The summed E-state index contributed by atoms with van der Waals surface area (Å²) in [5.41, 5.74) is 1.39. The Labute approximate surface area is 272 Å². The van der Waals surface area contributed by atoms with E-state index in [1.165, 1.54) is 16.5 Å². The third-order valence-electron chi connectivity index (χ3n) is 7.04. The number of alkyl halides is 1. The zero-order valence-electron chi connectivity index (χ0n) is 25.6. The van der Waals surface area contributed by atoms with Crippen LogP contribution in [-0.2, 0) is 27.4 Å². The van der Waals surface area contributed by atoms with Gasteiger partial charge in [-0.25, -0.2) is 24.1 Å². The molecule has 240 valence electrons. The molecule has 0 unspecified atom stereocenters. The molecule has 0 spiro atoms. The Morgan fingerprint density at radius 3 is 2.50 bits per heavy atom. The van der Waals surface area contributed by atoms with E-state index in [-0.39, 0.29) is 43.4 Å². The maximum absolute atomic E-state index is 14.5. The first-order chi connectivity index (χ1) is 21.8. The molecule has 0 aliphatic carbocycles. The minimum atomic E-state index is -1.37. The average molecular weight is 696 g/mol. The Morgan fingerprint density at radius 1 is 1.09 bits per heavy atom. The van der Waals surface area contributed by atoms with Gasteiger partial charge < -0.3 is 20.3 Å². The second-order valence-electron chi connectivity index (χ2n) is 11.8. The third-order valence-corrected chi connectivity index (χ3v) is 7.48. The highest BCUT2D eigenvalue weighted by Gasteiger charge is 2.40. The summed E-state index contributed by atoms with van der Waals surface area (Å²) in [6.07, 6.45) is 1.09. The summed E-state index contributed by atoms with van der Waals surface area (Å²) < 4.78 is 21.6. The van der Waals surface area contributed by atoms with Gasteiger partial charge in [-0.3, -0.25) is 19.1 Å². The molecular weight excluding hydrogens is 663 g/mol. The molecule has 0 bridgehead atoms. The van der Waals surface area contributed by atoms with Crippen molar-refractivity contribution < 1.29 is 28.3 Å². The predicted octanol–water partition coefficient (Wildman–Crippen LogP) is 4.46. The number of halogens is 2. The summed E-state index contributed by atoms with van der Waals surface area (Å²) in [6, 6.07) is 9.20. The van der Waals surface area contributed by atoms with Crippen LogP contribution < -0.4 is 10.6 Å². The Hall–Kier alpha value is -4.79. The van der Waals surface area contributed by atoms with Crippen molar-refractivity contribution in [3.63, 3.8) is 0 Å². The van der Waals surface area contributed by atoms with Crippen LogP contribution in [0, 0.1) is 0 Å². The van der Waals surface area contributed by atoms with Gasteiger partial charge in [-0.05, 0) is 66.5 Å². The molecule has 4 heterocycles. The molecular formula is C31H32BrFN8O5. The molecule has 0 radical (unpaired) electrons. The van der Waals surface area contributed by atoms with Crippen LogP contribution in [0.2, 0.25) is 0 Å². The summed E-state index contributed by atoms with van der Waals surface area (Å²) in [5.74, 6) is -0.727. The fourth-order valence-electron chi connectivity index (χ4n) is 5.02. The number of nitrogens with zero attached hydrogens (tertiary/aromatic N) is 6. The SMILES string of the molecule is CC(=O)c1nn(CC(=O)N2C[C@H](F)C[C@H]2C(=O)Nc2cccc(Br)n2)c2ccc(-c3cnc(CNC(=O)OC(C)(C)C)nc3)cc12. The Kier molecular flexibility index (Phi) is 9.42. The van der Waals surface area contributed by atoms with E-state index in [9.17, 15) is 23.6 Å². The molecule has 0 saturated carbocycles. The number of nitrogens with one attached hydrogen (secondary N) is 2. The zero-order chi connectivity index (χ0) is 33.2. The Bertz CT molecular complexity index is 1810. The molecule has 1 aliphatic rings. The molecule has 46 heavy (non-hydrogen) atoms. The lowest BCUT2D eigenvalue weighted by molar-refractivity contribution is -0.137. The number of ketones is 1. The highest BCUT2D eigenvalue weighted by molar-refractivity contribution is 9.10. The number of alkyl carbamates (subject to hydrolysis) is 1. The summed E-state index contributed by atoms with van der Waals surface area (Å²) >= 11 is 3.24. The number of pyridine rings is 1. The van der Waals surface area contributed by atoms with E-state index in [1.54, 1.807) is 69.6 Å². The van der Waals surface area contributed by atoms with Crippen LogP contribution in [0.3, 0.4) is 0 Å². The van der Waals surface area contributed by atoms with Gasteiger partial charge in [0.05, 0.1) is 18.6 Å². The summed E-state index contributed by atoms with van der Waals surface area (Å²) in [7, 11) is 0. The molecule has 1 fully saturated rings. The number of likely N-dealkylation sites (tertiary alicyclic amines) is 1. The Balaban J connectivity index is 1.32. The van der Waals surface area contributed by atoms with Crippen LogP contribution in [0.4, 0.5) is 15.0 Å². The minimum Gasteiger partial charge on any atom is -0.444 e. The van der Waals surface area contributed by atoms with Gasteiger partial charge in [-0.15, -0.1) is 0 Å². The number of ether oxygens (including phenoxy) is 1. The number of benzene rings is 1. The van der Waals surface area contributed by atoms with Gasteiger partial charge in [-0.1, -0.05) is 12.1 Å². The zero-order valence-corrected chi connectivity index (χ0v) is 27.2. The molecule has 13 nitrogen and oxygen atoms in total. The van der Waals surface area contributed by atoms with Crippen molar-refractivity contribution in [2.24, 2.45) is 0 Å².